The Morgan fingerprint density at radius 3 is 2.02 bits per heavy atom. The molecule has 0 radical (unpaired) electrons. The maximum Gasteiger partial charge on any atom is 0.673 e. The predicted molar refractivity (Wildman–Crippen MR) is 225 cm³/mol. The number of fused-ring (bicyclic) bond motifs is 9. The van der Waals surface area contributed by atoms with E-state index in [0.717, 1.165) is 7.11 Å². The van der Waals surface area contributed by atoms with Gasteiger partial charge in [0.15, 0.2) is 30.8 Å². The summed E-state index contributed by atoms with van der Waals surface area (Å²) in [6.07, 6.45) is -2.23. The van der Waals surface area contributed by atoms with E-state index in [0.29, 0.717) is 15.8 Å². The number of nitrogens with zero attached hydrogens (tertiary/aromatic N) is 2. The van der Waals surface area contributed by atoms with E-state index in [2.05, 4.69) is 36.9 Å². The van der Waals surface area contributed by atoms with Gasteiger partial charge in [0.25, 0.3) is 0 Å². The third-order valence-electron chi connectivity index (χ3n) is 9.50. The first kappa shape index (κ1) is 50.8. The van der Waals surface area contributed by atoms with Gasteiger partial charge in [-0.05, 0) is 102 Å². The smallest absolute Gasteiger partial charge is 0.504 e. The van der Waals surface area contributed by atoms with Gasteiger partial charge in [0, 0.05) is 6.07 Å². The Balaban J connectivity index is 0.00000193. The van der Waals surface area contributed by atoms with Gasteiger partial charge >= 0.3 is 25.0 Å². The van der Waals surface area contributed by atoms with Gasteiger partial charge in [-0.25, -0.2) is 9.59 Å². The van der Waals surface area contributed by atoms with Crippen LogP contribution in [0.3, 0.4) is 0 Å². The molecule has 0 aromatic heterocycles. The molecule has 2 aliphatic heterocycles. The number of aromatic hydroxyl groups is 1. The highest BCUT2D eigenvalue weighted by molar-refractivity contribution is 9.10. The van der Waals surface area contributed by atoms with Crippen LogP contribution in [-0.2, 0) is 28.3 Å². The van der Waals surface area contributed by atoms with E-state index in [-0.39, 0.29) is 39.1 Å². The van der Waals surface area contributed by atoms with Crippen LogP contribution in [0.2, 0.25) is 18.1 Å². The molecule has 3 aromatic carbocycles. The Morgan fingerprint density at radius 2 is 1.50 bits per heavy atom. The molecule has 0 fully saturated rings. The quantitative estimate of drug-likeness (QED) is 0.0758. The van der Waals surface area contributed by atoms with Crippen molar-refractivity contribution in [2.75, 3.05) is 21.3 Å². The Bertz CT molecular complexity index is 2190. The number of carbonyl (C=O) groups excluding carboxylic acids is 4. The van der Waals surface area contributed by atoms with Crippen LogP contribution < -0.4 is 30.2 Å². The molecule has 16 nitrogen and oxygen atoms in total. The first-order chi connectivity index (χ1) is 28.5. The number of diazo groups is 1. The van der Waals surface area contributed by atoms with Crippen molar-refractivity contribution in [1.29, 1.82) is 5.39 Å². The average molecular weight is 959 g/mol. The van der Waals surface area contributed by atoms with Gasteiger partial charge < -0.3 is 66.4 Å². The molecule has 2 aliphatic rings. The highest BCUT2D eigenvalue weighted by atomic mass is 79.9. The van der Waals surface area contributed by atoms with Gasteiger partial charge in [-0.2, -0.15) is 0 Å². The number of phenols is 1. The number of methoxy groups -OCH3 is 3. The zero-order chi connectivity index (χ0) is 47.1. The number of rotatable bonds is 7. The molecule has 23 heteroatoms. The molecule has 0 saturated heterocycles. The number of halogens is 5. The van der Waals surface area contributed by atoms with Crippen LogP contribution in [0.1, 0.15) is 76.4 Å². The molecule has 5 rings (SSSR count). The molecule has 3 amide bonds. The van der Waals surface area contributed by atoms with Gasteiger partial charge in [-0.1, -0.05) is 32.9 Å². The fraction of sp³-hybridized carbons (Fsp3) is 0.436. The minimum absolute atomic E-state index is 0.0248. The minimum Gasteiger partial charge on any atom is -0.504 e. The number of hydrogen-bond donors (Lipinski definition) is 4. The van der Waals surface area contributed by atoms with E-state index in [1.54, 1.807) is 45.0 Å². The van der Waals surface area contributed by atoms with Crippen molar-refractivity contribution < 1.29 is 69.7 Å². The summed E-state index contributed by atoms with van der Waals surface area (Å²) >= 11 is 3.44. The lowest BCUT2D eigenvalue weighted by Gasteiger charge is -2.41. The lowest BCUT2D eigenvalue weighted by molar-refractivity contribution is -0.148. The monoisotopic (exact) mass is 957 g/mol. The van der Waals surface area contributed by atoms with Gasteiger partial charge in [0.1, 0.15) is 29.5 Å². The Hall–Kier alpha value is -5.60. The van der Waals surface area contributed by atoms with Crippen molar-refractivity contribution in [2.24, 2.45) is 0 Å². The number of benzene rings is 3. The highest BCUT2D eigenvalue weighted by Crippen LogP contribution is 2.46. The fourth-order valence-electron chi connectivity index (χ4n) is 5.61. The summed E-state index contributed by atoms with van der Waals surface area (Å²) in [6.45, 7) is 14.8. The normalized spacial score (nSPS) is 18.4. The minimum atomic E-state index is -6.00. The third kappa shape index (κ3) is 13.4. The lowest BCUT2D eigenvalue weighted by atomic mass is 9.98. The van der Waals surface area contributed by atoms with E-state index < -0.39 is 75.0 Å². The van der Waals surface area contributed by atoms with Gasteiger partial charge in [0.2, 0.25) is 28.7 Å². The van der Waals surface area contributed by atoms with Crippen LogP contribution in [0.25, 0.3) is 4.98 Å². The standard InChI is InChI=1S/C39H48BrN5O11Si.BF4/c1-38(2,3)55-37(50)44-30-22-18-25(46)33(52-8)28(19-22)54-27-15-13-21(17-24(27)45-41)32(56-57(10,11)39(4,5)6)31(36(49)53-9)43-34(47)29(42-35(30)48)20-12-14-26(51-7)23(40)16-20;2-1(3,4)5/h12-19,29-32H,1-11H3,(H3-,42,43,44,46,47,48,50);/q;-1/p+1/t29-,30+,31+,32-;/m0./s1. The number of ether oxygens (including phenoxy) is 5. The molecule has 3 aromatic rings. The van der Waals surface area contributed by atoms with Crippen molar-refractivity contribution in [3.8, 4) is 28.7 Å². The number of esters is 1. The number of hydrogen-bond acceptors (Lipinski definition) is 12. The van der Waals surface area contributed by atoms with Crippen molar-refractivity contribution in [3.05, 3.63) is 74.7 Å². The summed E-state index contributed by atoms with van der Waals surface area (Å²) < 4.78 is 74.0. The zero-order valence-electron chi connectivity index (χ0n) is 35.8. The van der Waals surface area contributed by atoms with E-state index >= 15 is 0 Å². The molecular formula is C39H49BBrF4N5O11Si. The van der Waals surface area contributed by atoms with Crippen molar-refractivity contribution >= 4 is 61.1 Å². The first-order valence-electron chi connectivity index (χ1n) is 18.7. The zero-order valence-corrected chi connectivity index (χ0v) is 38.4. The van der Waals surface area contributed by atoms with E-state index in [9.17, 15) is 46.9 Å². The van der Waals surface area contributed by atoms with Crippen molar-refractivity contribution in [1.82, 2.24) is 16.0 Å². The molecule has 0 spiro atoms. The molecule has 4 N–H and O–H groups in total. The summed E-state index contributed by atoms with van der Waals surface area (Å²) in [7, 11) is -4.88. The fourth-order valence-corrected chi connectivity index (χ4v) is 7.43. The summed E-state index contributed by atoms with van der Waals surface area (Å²) in [5.41, 5.74) is -0.588. The molecule has 0 saturated carbocycles. The van der Waals surface area contributed by atoms with Crippen LogP contribution in [0.5, 0.6) is 28.7 Å². The van der Waals surface area contributed by atoms with Crippen molar-refractivity contribution in [2.45, 2.75) is 89.5 Å². The first-order valence-corrected chi connectivity index (χ1v) is 22.4. The van der Waals surface area contributed by atoms with Crippen LogP contribution in [0, 0.1) is 5.39 Å². The number of carbonyl (C=O) groups is 4. The Morgan fingerprint density at radius 1 is 0.887 bits per heavy atom. The maximum absolute atomic E-state index is 14.7. The average Bonchev–Trinajstić information content (AvgIpc) is 3.14. The number of phenolic OH excluding ortho intramolecular Hbond substituents is 1. The second-order valence-corrected chi connectivity index (χ2v) is 21.8. The molecule has 0 aliphatic carbocycles. The highest BCUT2D eigenvalue weighted by Gasteiger charge is 2.45. The van der Waals surface area contributed by atoms with Gasteiger partial charge in [-0.15, -0.1) is 0 Å². The van der Waals surface area contributed by atoms with E-state index in [4.69, 9.17) is 28.1 Å². The molecule has 338 valence electrons. The van der Waals surface area contributed by atoms with Gasteiger partial charge in [0.05, 0.1) is 25.8 Å². The maximum atomic E-state index is 14.7. The second kappa shape index (κ2) is 20.1. The summed E-state index contributed by atoms with van der Waals surface area (Å²) in [4.78, 5) is 59.7. The van der Waals surface area contributed by atoms with Gasteiger partial charge in [-0.3, -0.25) is 9.59 Å². The van der Waals surface area contributed by atoms with Crippen LogP contribution in [0.15, 0.2) is 53.0 Å². The summed E-state index contributed by atoms with van der Waals surface area (Å²) in [5.74, 6) is -3.08. The predicted octanol–water partition coefficient (Wildman–Crippen LogP) is 8.91. The lowest BCUT2D eigenvalue weighted by Crippen LogP contribution is -2.54. The number of nitrogens with one attached hydrogen (secondary N) is 3. The van der Waals surface area contributed by atoms with E-state index in [1.807, 2.05) is 33.9 Å². The molecule has 2 heterocycles. The third-order valence-corrected chi connectivity index (χ3v) is 14.6. The Labute approximate surface area is 365 Å². The van der Waals surface area contributed by atoms with Crippen LogP contribution >= 0.6 is 15.9 Å². The molecule has 0 unspecified atom stereocenters. The van der Waals surface area contributed by atoms with Crippen LogP contribution in [0.4, 0.5) is 27.7 Å². The molecule has 4 bridgehead atoms. The molecule has 4 atom stereocenters. The summed E-state index contributed by atoms with van der Waals surface area (Å²) in [6, 6.07) is 6.89. The van der Waals surface area contributed by atoms with Crippen LogP contribution in [-0.4, -0.2) is 77.5 Å². The van der Waals surface area contributed by atoms with E-state index in [1.165, 1.54) is 38.5 Å². The molecular weight excluding hydrogens is 909 g/mol. The largest absolute Gasteiger partial charge is 0.673 e. The summed E-state index contributed by atoms with van der Waals surface area (Å²) in [5, 5.41) is 29.1. The topological polar surface area (TPSA) is 208 Å². The second-order valence-electron chi connectivity index (χ2n) is 16.2. The Kier molecular flexibility index (Phi) is 16.4. The molecule has 62 heavy (non-hydrogen) atoms. The number of amides is 3. The number of alkyl carbamates (subject to hydrolysis) is 1. The SMILES string of the molecule is COC(=O)[C@@H]1NC(=O)[C@H](c2ccc(OC)c(Br)c2)NC(=O)[C@H](NC(=O)OC(C)(C)C)c2cc(O)c(OC)c(c2)Oc2ccc(cc2[N+]#N)[C@@H]1O[Si](C)(C)C(C)(C)C.F[B-](F)(F)F. The van der Waals surface area contributed by atoms with Crippen molar-refractivity contribution in [3.63, 3.8) is 0 Å².